The van der Waals surface area contributed by atoms with Gasteiger partial charge in [-0.3, -0.25) is 4.79 Å². The molecule has 1 unspecified atom stereocenters. The van der Waals surface area contributed by atoms with E-state index in [4.69, 9.17) is 0 Å². The van der Waals surface area contributed by atoms with Gasteiger partial charge in [0, 0.05) is 37.9 Å². The highest BCUT2D eigenvalue weighted by Crippen LogP contribution is 2.14. The van der Waals surface area contributed by atoms with Crippen LogP contribution >= 0.6 is 12.4 Å². The molecule has 0 aliphatic carbocycles. The molecular formula is C14H22ClN3O. The van der Waals surface area contributed by atoms with E-state index in [1.54, 1.807) is 19.0 Å². The molecule has 0 aromatic heterocycles. The van der Waals surface area contributed by atoms with Crippen molar-refractivity contribution in [2.45, 2.75) is 18.9 Å². The van der Waals surface area contributed by atoms with Gasteiger partial charge in [-0.05, 0) is 43.7 Å². The Labute approximate surface area is 121 Å². The monoisotopic (exact) mass is 283 g/mol. The standard InChI is InChI=1S/C14H21N3O.ClH/c1-17(2)14(18)11-5-7-12(8-6-11)16-13-4-3-9-15-10-13;/h5-8,13,15-16H,3-4,9-10H2,1-2H3;1H. The molecule has 1 atom stereocenters. The van der Waals surface area contributed by atoms with Crippen LogP contribution in [0.15, 0.2) is 24.3 Å². The third kappa shape index (κ3) is 4.40. The van der Waals surface area contributed by atoms with E-state index in [0.717, 1.165) is 24.3 Å². The molecule has 1 fully saturated rings. The molecule has 0 spiro atoms. The largest absolute Gasteiger partial charge is 0.381 e. The number of piperidine rings is 1. The van der Waals surface area contributed by atoms with Crippen LogP contribution in [0.2, 0.25) is 0 Å². The van der Waals surface area contributed by atoms with Crippen LogP contribution in [0.3, 0.4) is 0 Å². The highest BCUT2D eigenvalue weighted by molar-refractivity contribution is 5.94. The zero-order chi connectivity index (χ0) is 13.0. The lowest BCUT2D eigenvalue weighted by molar-refractivity contribution is 0.0827. The second kappa shape index (κ2) is 7.36. The van der Waals surface area contributed by atoms with Gasteiger partial charge in [-0.25, -0.2) is 0 Å². The first kappa shape index (κ1) is 15.8. The van der Waals surface area contributed by atoms with Crippen LogP contribution in [0.1, 0.15) is 23.2 Å². The van der Waals surface area contributed by atoms with Crippen LogP contribution in [-0.4, -0.2) is 44.0 Å². The van der Waals surface area contributed by atoms with Crippen molar-refractivity contribution < 1.29 is 4.79 Å². The first-order chi connectivity index (χ1) is 8.66. The van der Waals surface area contributed by atoms with Gasteiger partial charge in [0.25, 0.3) is 5.91 Å². The molecule has 5 heteroatoms. The Balaban J connectivity index is 0.00000180. The van der Waals surface area contributed by atoms with Crippen LogP contribution in [0.4, 0.5) is 5.69 Å². The average molecular weight is 284 g/mol. The Morgan fingerprint density at radius 1 is 1.32 bits per heavy atom. The van der Waals surface area contributed by atoms with E-state index in [9.17, 15) is 4.79 Å². The summed E-state index contributed by atoms with van der Waals surface area (Å²) in [6.07, 6.45) is 2.42. The van der Waals surface area contributed by atoms with Gasteiger partial charge in [-0.1, -0.05) is 0 Å². The van der Waals surface area contributed by atoms with Crippen LogP contribution in [0.5, 0.6) is 0 Å². The van der Waals surface area contributed by atoms with Crippen molar-refractivity contribution in [1.29, 1.82) is 0 Å². The second-order valence-electron chi connectivity index (χ2n) is 4.96. The van der Waals surface area contributed by atoms with Crippen LogP contribution < -0.4 is 10.6 Å². The van der Waals surface area contributed by atoms with E-state index in [-0.39, 0.29) is 18.3 Å². The molecule has 1 aromatic rings. The fraction of sp³-hybridized carbons (Fsp3) is 0.500. The quantitative estimate of drug-likeness (QED) is 0.891. The highest BCUT2D eigenvalue weighted by atomic mass is 35.5. The molecule has 1 heterocycles. The van der Waals surface area contributed by atoms with Crippen molar-refractivity contribution in [2.75, 3.05) is 32.5 Å². The topological polar surface area (TPSA) is 44.4 Å². The van der Waals surface area contributed by atoms with E-state index in [2.05, 4.69) is 10.6 Å². The van der Waals surface area contributed by atoms with E-state index < -0.39 is 0 Å². The lowest BCUT2D eigenvalue weighted by atomic mass is 10.1. The van der Waals surface area contributed by atoms with Crippen molar-refractivity contribution in [3.63, 3.8) is 0 Å². The molecule has 1 amide bonds. The minimum Gasteiger partial charge on any atom is -0.381 e. The molecule has 0 radical (unpaired) electrons. The predicted octanol–water partition coefficient (Wildman–Crippen LogP) is 1.97. The molecule has 1 aliphatic heterocycles. The molecule has 1 aromatic carbocycles. The first-order valence-electron chi connectivity index (χ1n) is 6.46. The van der Waals surface area contributed by atoms with E-state index >= 15 is 0 Å². The van der Waals surface area contributed by atoms with Crippen molar-refractivity contribution in [3.8, 4) is 0 Å². The summed E-state index contributed by atoms with van der Waals surface area (Å²) in [5.74, 6) is 0.0425. The maximum Gasteiger partial charge on any atom is 0.253 e. The minimum absolute atomic E-state index is 0. The number of nitrogens with zero attached hydrogens (tertiary/aromatic N) is 1. The third-order valence-corrected chi connectivity index (χ3v) is 3.21. The van der Waals surface area contributed by atoms with Gasteiger partial charge in [0.1, 0.15) is 0 Å². The Morgan fingerprint density at radius 2 is 2.00 bits per heavy atom. The first-order valence-corrected chi connectivity index (χ1v) is 6.46. The second-order valence-corrected chi connectivity index (χ2v) is 4.96. The number of halogens is 1. The van der Waals surface area contributed by atoms with Crippen LogP contribution in [0.25, 0.3) is 0 Å². The summed E-state index contributed by atoms with van der Waals surface area (Å²) in [4.78, 5) is 13.3. The van der Waals surface area contributed by atoms with Gasteiger partial charge in [-0.15, -0.1) is 12.4 Å². The number of carbonyl (C=O) groups is 1. The van der Waals surface area contributed by atoms with Gasteiger partial charge >= 0.3 is 0 Å². The van der Waals surface area contributed by atoms with E-state index in [1.807, 2.05) is 24.3 Å². The maximum atomic E-state index is 11.7. The third-order valence-electron chi connectivity index (χ3n) is 3.21. The summed E-state index contributed by atoms with van der Waals surface area (Å²) in [5.41, 5.74) is 1.81. The molecule has 4 nitrogen and oxygen atoms in total. The van der Waals surface area contributed by atoms with Crippen LogP contribution in [-0.2, 0) is 0 Å². The SMILES string of the molecule is CN(C)C(=O)c1ccc(NC2CCCNC2)cc1.Cl. The van der Waals surface area contributed by atoms with Crippen molar-refractivity contribution in [1.82, 2.24) is 10.2 Å². The summed E-state index contributed by atoms with van der Waals surface area (Å²) in [7, 11) is 3.53. The lowest BCUT2D eigenvalue weighted by Crippen LogP contribution is -2.38. The molecule has 1 saturated heterocycles. The summed E-state index contributed by atoms with van der Waals surface area (Å²) in [6, 6.07) is 8.20. The van der Waals surface area contributed by atoms with Gasteiger partial charge in [0.05, 0.1) is 0 Å². The van der Waals surface area contributed by atoms with E-state index in [0.29, 0.717) is 6.04 Å². The highest BCUT2D eigenvalue weighted by Gasteiger charge is 2.13. The molecule has 106 valence electrons. The molecule has 0 bridgehead atoms. The number of amides is 1. The fourth-order valence-corrected chi connectivity index (χ4v) is 2.18. The summed E-state index contributed by atoms with van der Waals surface area (Å²) in [5, 5.41) is 6.87. The molecule has 1 aliphatic rings. The predicted molar refractivity (Wildman–Crippen MR) is 81.2 cm³/mol. The molecule has 0 saturated carbocycles. The average Bonchev–Trinajstić information content (AvgIpc) is 2.40. The molecular weight excluding hydrogens is 262 g/mol. The number of benzene rings is 1. The van der Waals surface area contributed by atoms with Gasteiger partial charge < -0.3 is 15.5 Å². The normalized spacial score (nSPS) is 18.3. The number of anilines is 1. The Morgan fingerprint density at radius 3 is 2.53 bits per heavy atom. The number of rotatable bonds is 3. The smallest absolute Gasteiger partial charge is 0.253 e. The summed E-state index contributed by atoms with van der Waals surface area (Å²) in [6.45, 7) is 2.13. The fourth-order valence-electron chi connectivity index (χ4n) is 2.18. The minimum atomic E-state index is 0. The zero-order valence-electron chi connectivity index (χ0n) is 11.5. The van der Waals surface area contributed by atoms with Gasteiger partial charge in [0.15, 0.2) is 0 Å². The Kier molecular flexibility index (Phi) is 6.12. The molecule has 2 N–H and O–H groups in total. The summed E-state index contributed by atoms with van der Waals surface area (Å²) >= 11 is 0. The number of hydrogen-bond donors (Lipinski definition) is 2. The van der Waals surface area contributed by atoms with Crippen molar-refractivity contribution in [2.24, 2.45) is 0 Å². The Bertz CT molecular complexity index is 400. The number of carbonyl (C=O) groups excluding carboxylic acids is 1. The molecule has 19 heavy (non-hydrogen) atoms. The van der Waals surface area contributed by atoms with Gasteiger partial charge in [-0.2, -0.15) is 0 Å². The van der Waals surface area contributed by atoms with Crippen molar-refractivity contribution >= 4 is 24.0 Å². The maximum absolute atomic E-state index is 11.7. The summed E-state index contributed by atoms with van der Waals surface area (Å²) < 4.78 is 0. The Hall–Kier alpha value is -1.26. The zero-order valence-corrected chi connectivity index (χ0v) is 12.3. The number of hydrogen-bond acceptors (Lipinski definition) is 3. The molecule has 2 rings (SSSR count). The van der Waals surface area contributed by atoms with E-state index in [1.165, 1.54) is 12.8 Å². The van der Waals surface area contributed by atoms with Crippen LogP contribution in [0, 0.1) is 0 Å². The lowest BCUT2D eigenvalue weighted by Gasteiger charge is -2.24. The number of nitrogens with one attached hydrogen (secondary N) is 2. The van der Waals surface area contributed by atoms with Crippen molar-refractivity contribution in [3.05, 3.63) is 29.8 Å². The van der Waals surface area contributed by atoms with Gasteiger partial charge in [0.2, 0.25) is 0 Å².